The minimum Gasteiger partial charge on any atom is -0.308 e. The van der Waals surface area contributed by atoms with Gasteiger partial charge in [-0.25, -0.2) is 15.0 Å². The Bertz CT molecular complexity index is 2740. The third-order valence-electron chi connectivity index (χ3n) is 9.79. The van der Waals surface area contributed by atoms with Crippen LogP contribution in [-0.4, -0.2) is 19.5 Å². The molecule has 8 aromatic carbocycles. The van der Waals surface area contributed by atoms with E-state index >= 15 is 0 Å². The van der Waals surface area contributed by atoms with Crippen molar-refractivity contribution in [1.82, 2.24) is 19.5 Å². The number of fused-ring (bicyclic) bond motifs is 5. The lowest BCUT2D eigenvalue weighted by molar-refractivity contribution is 1.06. The lowest BCUT2D eigenvalue weighted by atomic mass is 10.0. The normalized spacial score (nSPS) is 11.5. The average Bonchev–Trinajstić information content (AvgIpc) is 3.51. The Morgan fingerprint density at radius 3 is 1.22 bits per heavy atom. The Morgan fingerprint density at radius 2 is 0.725 bits per heavy atom. The van der Waals surface area contributed by atoms with Crippen molar-refractivity contribution >= 4 is 43.4 Å². The summed E-state index contributed by atoms with van der Waals surface area (Å²) in [4.78, 5) is 15.4. The minimum atomic E-state index is 0.619. The zero-order valence-electron chi connectivity index (χ0n) is 27.6. The van der Waals surface area contributed by atoms with Gasteiger partial charge in [0.1, 0.15) is 0 Å². The fraction of sp³-hybridized carbons (Fsp3) is 0. The van der Waals surface area contributed by atoms with Crippen LogP contribution in [-0.2, 0) is 0 Å². The molecule has 10 aromatic rings. The molecule has 51 heavy (non-hydrogen) atoms. The van der Waals surface area contributed by atoms with E-state index in [-0.39, 0.29) is 0 Å². The van der Waals surface area contributed by atoms with Crippen molar-refractivity contribution in [3.05, 3.63) is 182 Å². The Balaban J connectivity index is 1.33. The molecule has 10 rings (SSSR count). The summed E-state index contributed by atoms with van der Waals surface area (Å²) >= 11 is 0. The summed E-state index contributed by atoms with van der Waals surface area (Å²) in [6.07, 6.45) is 0. The molecule has 0 fully saturated rings. The first-order valence-electron chi connectivity index (χ1n) is 17.2. The van der Waals surface area contributed by atoms with Crippen molar-refractivity contribution in [2.24, 2.45) is 0 Å². The van der Waals surface area contributed by atoms with Crippen molar-refractivity contribution in [2.45, 2.75) is 0 Å². The average molecular weight is 651 g/mol. The molecule has 0 saturated heterocycles. The molecule has 0 aliphatic carbocycles. The fourth-order valence-electron chi connectivity index (χ4n) is 7.29. The van der Waals surface area contributed by atoms with Crippen molar-refractivity contribution in [3.8, 4) is 51.0 Å². The van der Waals surface area contributed by atoms with E-state index in [9.17, 15) is 0 Å². The highest BCUT2D eigenvalue weighted by molar-refractivity contribution is 6.17. The number of hydrogen-bond acceptors (Lipinski definition) is 3. The van der Waals surface area contributed by atoms with Gasteiger partial charge in [0.2, 0.25) is 0 Å². The van der Waals surface area contributed by atoms with Crippen LogP contribution >= 0.6 is 0 Å². The maximum atomic E-state index is 5.20. The van der Waals surface area contributed by atoms with E-state index in [1.807, 2.05) is 36.4 Å². The van der Waals surface area contributed by atoms with Gasteiger partial charge in [0.05, 0.1) is 16.7 Å². The molecule has 0 radical (unpaired) electrons. The van der Waals surface area contributed by atoms with Crippen LogP contribution in [0.25, 0.3) is 94.3 Å². The molecule has 0 atom stereocenters. The summed E-state index contributed by atoms with van der Waals surface area (Å²) in [6.45, 7) is 0. The van der Waals surface area contributed by atoms with E-state index in [4.69, 9.17) is 15.0 Å². The molecule has 2 aromatic heterocycles. The monoisotopic (exact) mass is 650 g/mol. The van der Waals surface area contributed by atoms with E-state index in [2.05, 4.69) is 150 Å². The number of rotatable bonds is 5. The van der Waals surface area contributed by atoms with Gasteiger partial charge in [0.15, 0.2) is 17.5 Å². The van der Waals surface area contributed by atoms with Gasteiger partial charge in [0, 0.05) is 27.5 Å². The fourth-order valence-corrected chi connectivity index (χ4v) is 7.29. The molecule has 0 saturated carbocycles. The van der Waals surface area contributed by atoms with Crippen molar-refractivity contribution < 1.29 is 0 Å². The molecule has 4 heteroatoms. The highest BCUT2D eigenvalue weighted by Crippen LogP contribution is 2.41. The molecule has 4 nitrogen and oxygen atoms in total. The van der Waals surface area contributed by atoms with Gasteiger partial charge >= 0.3 is 0 Å². The molecule has 0 aliphatic rings. The highest BCUT2D eigenvalue weighted by Gasteiger charge is 2.21. The summed E-state index contributed by atoms with van der Waals surface area (Å²) in [5.74, 6) is 1.89. The van der Waals surface area contributed by atoms with Crippen LogP contribution in [0.2, 0.25) is 0 Å². The molecule has 0 unspecified atom stereocenters. The molecular formula is C47H30N4. The molecule has 0 N–H and O–H groups in total. The van der Waals surface area contributed by atoms with Gasteiger partial charge in [-0.05, 0) is 69.1 Å². The van der Waals surface area contributed by atoms with Crippen LogP contribution in [0.15, 0.2) is 182 Å². The first kappa shape index (κ1) is 29.0. The first-order chi connectivity index (χ1) is 25.3. The van der Waals surface area contributed by atoms with E-state index in [1.165, 1.54) is 32.3 Å². The summed E-state index contributed by atoms with van der Waals surface area (Å²) in [7, 11) is 0. The Labute approximate surface area is 295 Å². The second-order valence-corrected chi connectivity index (χ2v) is 12.9. The maximum Gasteiger partial charge on any atom is 0.166 e. The van der Waals surface area contributed by atoms with Gasteiger partial charge in [0.25, 0.3) is 0 Å². The Hall–Kier alpha value is -6.91. The van der Waals surface area contributed by atoms with E-state index in [0.717, 1.165) is 44.5 Å². The highest BCUT2D eigenvalue weighted by atomic mass is 15.1. The first-order valence-corrected chi connectivity index (χ1v) is 17.2. The third-order valence-corrected chi connectivity index (χ3v) is 9.79. The van der Waals surface area contributed by atoms with Crippen LogP contribution in [0.3, 0.4) is 0 Å². The van der Waals surface area contributed by atoms with Crippen LogP contribution in [0.1, 0.15) is 0 Å². The van der Waals surface area contributed by atoms with Gasteiger partial charge in [-0.15, -0.1) is 0 Å². The SMILES string of the molecule is c1ccc(-c2ccc(-c3nc(-c4ccccc4)nc(-c4ccccc4)n3)c(-n3c4cc5ccccc5cc4c4cc5ccccc5cc43)c2)cc1. The van der Waals surface area contributed by atoms with Gasteiger partial charge in [-0.2, -0.15) is 0 Å². The van der Waals surface area contributed by atoms with E-state index in [1.54, 1.807) is 0 Å². The molecule has 0 amide bonds. The molecule has 238 valence electrons. The number of hydrogen-bond donors (Lipinski definition) is 0. The zero-order valence-corrected chi connectivity index (χ0v) is 27.6. The largest absolute Gasteiger partial charge is 0.308 e. The summed E-state index contributed by atoms with van der Waals surface area (Å²) in [5.41, 5.74) is 8.33. The summed E-state index contributed by atoms with van der Waals surface area (Å²) in [6, 6.07) is 64.1. The van der Waals surface area contributed by atoms with Crippen LogP contribution in [0, 0.1) is 0 Å². The quantitative estimate of drug-likeness (QED) is 0.186. The number of nitrogens with zero attached hydrogens (tertiary/aromatic N) is 4. The van der Waals surface area contributed by atoms with Gasteiger partial charge in [-0.1, -0.05) is 146 Å². The van der Waals surface area contributed by atoms with E-state index in [0.29, 0.717) is 17.5 Å². The summed E-state index contributed by atoms with van der Waals surface area (Å²) in [5, 5.41) is 7.22. The Kier molecular flexibility index (Phi) is 6.78. The smallest absolute Gasteiger partial charge is 0.166 e. The second kappa shape index (κ2) is 11.9. The lowest BCUT2D eigenvalue weighted by Gasteiger charge is -2.17. The van der Waals surface area contributed by atoms with Crippen molar-refractivity contribution in [1.29, 1.82) is 0 Å². The standard InChI is InChI=1S/C47H30N4/c1-4-14-31(15-5-1)38-24-25-39(47-49-45(32-16-6-2-7-17-32)48-46(50-47)33-18-8-3-9-19-33)42(30-38)51-43-28-36-22-12-10-20-34(36)26-40(43)41-27-35-21-11-13-23-37(35)29-44(41)51/h1-30H. The van der Waals surface area contributed by atoms with Crippen molar-refractivity contribution in [3.63, 3.8) is 0 Å². The molecule has 0 spiro atoms. The van der Waals surface area contributed by atoms with E-state index < -0.39 is 0 Å². The van der Waals surface area contributed by atoms with Crippen LogP contribution in [0.5, 0.6) is 0 Å². The number of aromatic nitrogens is 4. The molecular weight excluding hydrogens is 621 g/mol. The van der Waals surface area contributed by atoms with Crippen LogP contribution in [0.4, 0.5) is 0 Å². The predicted octanol–water partition coefficient (Wildman–Crippen LogP) is 11.9. The third kappa shape index (κ3) is 5.04. The second-order valence-electron chi connectivity index (χ2n) is 12.9. The molecule has 0 bridgehead atoms. The maximum absolute atomic E-state index is 5.20. The van der Waals surface area contributed by atoms with Crippen molar-refractivity contribution in [2.75, 3.05) is 0 Å². The van der Waals surface area contributed by atoms with Gasteiger partial charge < -0.3 is 4.57 Å². The topological polar surface area (TPSA) is 43.6 Å². The molecule has 2 heterocycles. The number of benzene rings is 8. The predicted molar refractivity (Wildman–Crippen MR) is 211 cm³/mol. The summed E-state index contributed by atoms with van der Waals surface area (Å²) < 4.78 is 2.42. The van der Waals surface area contributed by atoms with Crippen LogP contribution < -0.4 is 0 Å². The lowest BCUT2D eigenvalue weighted by Crippen LogP contribution is -2.04. The molecule has 0 aliphatic heterocycles. The van der Waals surface area contributed by atoms with Gasteiger partial charge in [-0.3, -0.25) is 0 Å². The minimum absolute atomic E-state index is 0.619. The zero-order chi connectivity index (χ0) is 33.7. The Morgan fingerprint density at radius 1 is 0.314 bits per heavy atom.